The van der Waals surface area contributed by atoms with Gasteiger partial charge in [-0.15, -0.1) is 0 Å². The first kappa shape index (κ1) is 66.2. The van der Waals surface area contributed by atoms with E-state index in [0.717, 1.165) is 5.56 Å². The fourth-order valence-corrected chi connectivity index (χ4v) is 10.2. The Morgan fingerprint density at radius 2 is 0.813 bits per heavy atom. The number of ether oxygens (including phenoxy) is 8. The monoisotopic (exact) mass is 1250 g/mol. The molecule has 0 spiro atoms. The number of carbonyl (C=O) groups excluding carboxylic acids is 1. The van der Waals surface area contributed by atoms with Crippen LogP contribution in [0.1, 0.15) is 54.1 Å². The van der Waals surface area contributed by atoms with Gasteiger partial charge in [-0.3, -0.25) is 19.5 Å². The van der Waals surface area contributed by atoms with Crippen LogP contribution in [0.5, 0.6) is 46.0 Å². The third-order valence-corrected chi connectivity index (χ3v) is 14.5. The van der Waals surface area contributed by atoms with E-state index in [1.165, 1.54) is 71.9 Å². The van der Waals surface area contributed by atoms with E-state index in [1.54, 1.807) is 54.6 Å². The van der Waals surface area contributed by atoms with E-state index < -0.39 is 43.1 Å². The fourth-order valence-electron chi connectivity index (χ4n) is 10.2. The van der Waals surface area contributed by atoms with Gasteiger partial charge in [0.1, 0.15) is 63.1 Å². The number of rotatable bonds is 29. The van der Waals surface area contributed by atoms with Gasteiger partial charge in [0.05, 0.1) is 63.8 Å². The van der Waals surface area contributed by atoms with Crippen molar-refractivity contribution in [1.29, 1.82) is 0 Å². The molecule has 0 bridgehead atoms. The normalized spacial score (nSPS) is 12.9. The zero-order valence-electron chi connectivity index (χ0n) is 50.4. The molecule has 3 aromatic heterocycles. The number of aromatic carboxylic acids is 3. The molecule has 91 heavy (non-hydrogen) atoms. The number of nitrogens with one attached hydrogen (secondary N) is 1. The van der Waals surface area contributed by atoms with Crippen molar-refractivity contribution < 1.29 is 92.2 Å². The van der Waals surface area contributed by atoms with Gasteiger partial charge in [-0.25, -0.2) is 38.9 Å². The van der Waals surface area contributed by atoms with Crippen LogP contribution in [0.25, 0.3) is 33.4 Å². The van der Waals surface area contributed by atoms with Crippen LogP contribution >= 0.6 is 0 Å². The number of hydrogen-bond donors (Lipinski definition) is 7. The smallest absolute Gasteiger partial charge is 0.354 e. The number of pyridine rings is 3. The molecular weight excluding hydrogens is 1180 g/mol. The highest BCUT2D eigenvalue weighted by Crippen LogP contribution is 2.44. The maximum absolute atomic E-state index is 12.9. The number of nitrogen functional groups attached to an aromatic ring is 1. The second kappa shape index (κ2) is 30.9. The van der Waals surface area contributed by atoms with Crippen LogP contribution in [0, 0.1) is 0 Å². The third-order valence-electron chi connectivity index (χ3n) is 14.5. The minimum atomic E-state index is -1.32. The topological polar surface area (TPSA) is 364 Å². The third kappa shape index (κ3) is 18.0. The Morgan fingerprint density at radius 3 is 1.20 bits per heavy atom. The molecule has 1 aliphatic heterocycles. The van der Waals surface area contributed by atoms with E-state index in [1.807, 2.05) is 12.1 Å². The number of aromatic nitrogens is 3. The van der Waals surface area contributed by atoms with E-state index in [2.05, 4.69) is 35.0 Å². The van der Waals surface area contributed by atoms with E-state index in [4.69, 9.17) is 43.6 Å². The number of carbonyl (C=O) groups is 6. The predicted octanol–water partition coefficient (Wildman–Crippen LogP) is 6.08. The number of anilines is 1. The molecule has 4 heterocycles. The van der Waals surface area contributed by atoms with Gasteiger partial charge in [0.2, 0.25) is 0 Å². The van der Waals surface area contributed by atoms with Crippen LogP contribution < -0.4 is 48.9 Å². The molecular formula is C64H68N8O19. The van der Waals surface area contributed by atoms with E-state index in [-0.39, 0.29) is 95.2 Å². The average molecular weight is 1250 g/mol. The first-order chi connectivity index (χ1) is 43.7. The molecule has 1 amide bonds. The predicted molar refractivity (Wildman–Crippen MR) is 328 cm³/mol. The summed E-state index contributed by atoms with van der Waals surface area (Å²) in [7, 11) is 7.04. The minimum Gasteiger partial charge on any atom is -0.496 e. The maximum atomic E-state index is 12.9. The highest BCUT2D eigenvalue weighted by molar-refractivity contribution is 5.91. The number of carboxylic acids is 5. The Hall–Kier alpha value is -10.8. The van der Waals surface area contributed by atoms with Crippen LogP contribution in [0.4, 0.5) is 5.69 Å². The van der Waals surface area contributed by atoms with Crippen molar-refractivity contribution in [2.24, 2.45) is 0 Å². The molecule has 1 aliphatic rings. The Bertz CT molecular complexity index is 3760. The van der Waals surface area contributed by atoms with Crippen LogP contribution in [-0.4, -0.2) is 192 Å². The van der Waals surface area contributed by atoms with Gasteiger partial charge < -0.3 is 74.5 Å². The van der Waals surface area contributed by atoms with Gasteiger partial charge in [-0.2, -0.15) is 0 Å². The highest BCUT2D eigenvalue weighted by Gasteiger charge is 2.26. The second-order valence-corrected chi connectivity index (χ2v) is 20.7. The zero-order valence-corrected chi connectivity index (χ0v) is 50.4. The standard InChI is InChI=1S/C64H68N8O19/c1-84-52-26-45(90-35-58(74)75)10-11-48(52)38-20-42(67-49(23-38)62(78)79)31-70-14-16-71(18-19-72(17-15-70)33-44-22-40(25-51(69-44)64(82)83)61-55(87-4)29-47(30-56(61)88-5)91-36-59(76)77)32-43-21-39(24-50(68-43)63(80)81)60-53(85-2)27-46(28-54(60)86-3)89-34-57(73)66-13-12-37-6-8-41(65)9-7-37/h6-11,20-30H,12-19,31-36,65H2,1-5H3,(H,66,73)(H,74,75)(H,76,77)(H,78,79)(H,80,81)(H,82,83). The fraction of sp³-hybridized carbons (Fsp3) is 0.297. The van der Waals surface area contributed by atoms with Crippen molar-refractivity contribution in [1.82, 2.24) is 35.0 Å². The lowest BCUT2D eigenvalue weighted by molar-refractivity contribution is -0.140. The number of aliphatic carboxylic acids is 2. The molecule has 478 valence electrons. The first-order valence-corrected chi connectivity index (χ1v) is 28.3. The van der Waals surface area contributed by atoms with Crippen molar-refractivity contribution in [2.45, 2.75) is 26.1 Å². The molecule has 1 fully saturated rings. The summed E-state index contributed by atoms with van der Waals surface area (Å²) >= 11 is 0. The molecule has 1 saturated heterocycles. The van der Waals surface area contributed by atoms with Gasteiger partial charge in [0.15, 0.2) is 19.8 Å². The van der Waals surface area contributed by atoms with Gasteiger partial charge in [-0.1, -0.05) is 12.1 Å². The van der Waals surface area contributed by atoms with Gasteiger partial charge in [0.25, 0.3) is 5.91 Å². The molecule has 27 nitrogen and oxygen atoms in total. The summed E-state index contributed by atoms with van der Waals surface area (Å²) in [5, 5.41) is 52.6. The molecule has 8 rings (SSSR count). The lowest BCUT2D eigenvalue weighted by atomic mass is 10.0. The number of carboxylic acid groups (broad SMARTS) is 5. The Morgan fingerprint density at radius 1 is 0.451 bits per heavy atom. The van der Waals surface area contributed by atoms with E-state index >= 15 is 0 Å². The number of benzene rings is 4. The summed E-state index contributed by atoms with van der Waals surface area (Å²) in [5.74, 6) is -4.97. The van der Waals surface area contributed by atoms with Gasteiger partial charge in [0, 0.05) is 107 Å². The number of hydrogen-bond acceptors (Lipinski definition) is 21. The van der Waals surface area contributed by atoms with Crippen LogP contribution in [0.3, 0.4) is 0 Å². The Labute approximate surface area is 522 Å². The lowest BCUT2D eigenvalue weighted by Crippen LogP contribution is -2.36. The largest absolute Gasteiger partial charge is 0.496 e. The van der Waals surface area contributed by atoms with Crippen molar-refractivity contribution in [3.8, 4) is 79.4 Å². The molecule has 0 saturated carbocycles. The Balaban J connectivity index is 1.12. The molecule has 0 atom stereocenters. The highest BCUT2D eigenvalue weighted by atomic mass is 16.5. The van der Waals surface area contributed by atoms with Crippen molar-refractivity contribution in [3.05, 3.63) is 143 Å². The number of amides is 1. The molecule has 4 aromatic carbocycles. The van der Waals surface area contributed by atoms with Crippen LogP contribution in [0.15, 0.2) is 103 Å². The molecule has 8 N–H and O–H groups in total. The minimum absolute atomic E-state index is 0.0918. The Kier molecular flexibility index (Phi) is 22.5. The number of methoxy groups -OCH3 is 5. The number of nitrogens with two attached hydrogens (primary N) is 1. The SMILES string of the molecule is COc1cc(OCC(=O)O)ccc1-c1cc(CN2CCN(Cc3cc(-c4c(OC)cc(OCC(=O)O)cc4OC)cc(C(=O)O)n3)CCN(Cc3cc(-c4c(OC)cc(OCC(=O)NCCc5ccc(N)cc5)cc4OC)cc(C(=O)O)n3)CC2)nc(C(=O)O)c1. The van der Waals surface area contributed by atoms with Crippen molar-refractivity contribution in [3.63, 3.8) is 0 Å². The average Bonchev–Trinajstić information content (AvgIpc) is 1.04. The lowest BCUT2D eigenvalue weighted by Gasteiger charge is -2.26. The molecule has 27 heteroatoms. The molecule has 0 radical (unpaired) electrons. The summed E-state index contributed by atoms with van der Waals surface area (Å²) < 4.78 is 45.5. The first-order valence-electron chi connectivity index (χ1n) is 28.3. The molecule has 0 unspecified atom stereocenters. The second-order valence-electron chi connectivity index (χ2n) is 20.7. The van der Waals surface area contributed by atoms with E-state index in [0.29, 0.717) is 108 Å². The summed E-state index contributed by atoms with van der Waals surface area (Å²) in [4.78, 5) is 93.8. The van der Waals surface area contributed by atoms with Gasteiger partial charge >= 0.3 is 29.8 Å². The summed E-state index contributed by atoms with van der Waals surface area (Å²) in [6.07, 6.45) is 0.575. The summed E-state index contributed by atoms with van der Waals surface area (Å²) in [6.45, 7) is 1.22. The zero-order chi connectivity index (χ0) is 65.3. The molecule has 7 aromatic rings. The van der Waals surface area contributed by atoms with Crippen molar-refractivity contribution in [2.75, 3.05) is 107 Å². The van der Waals surface area contributed by atoms with Crippen LogP contribution in [-0.2, 0) is 40.4 Å². The number of nitrogens with zero attached hydrogens (tertiary/aromatic N) is 6. The summed E-state index contributed by atoms with van der Waals surface area (Å²) in [5.41, 5.74) is 10.0. The van der Waals surface area contributed by atoms with E-state index in [9.17, 15) is 54.3 Å². The van der Waals surface area contributed by atoms with Gasteiger partial charge in [-0.05, 0) is 89.3 Å². The summed E-state index contributed by atoms with van der Waals surface area (Å²) in [6, 6.07) is 27.4. The van der Waals surface area contributed by atoms with Crippen LogP contribution in [0.2, 0.25) is 0 Å². The molecule has 0 aliphatic carbocycles. The quantitative estimate of drug-likeness (QED) is 0.0261. The van der Waals surface area contributed by atoms with Crippen molar-refractivity contribution >= 4 is 41.4 Å². The maximum Gasteiger partial charge on any atom is 0.354 e.